The first-order valence-corrected chi connectivity index (χ1v) is 8.37. The second-order valence-corrected chi connectivity index (χ2v) is 6.61. The number of benzene rings is 2. The quantitative estimate of drug-likeness (QED) is 0.854. The summed E-state index contributed by atoms with van der Waals surface area (Å²) in [6.07, 6.45) is 0.973. The molecule has 0 fully saturated rings. The third kappa shape index (κ3) is 3.40. The molecule has 1 heterocycles. The fraction of sp³-hybridized carbons (Fsp3) is 0.238. The maximum absolute atomic E-state index is 12.5. The maximum atomic E-state index is 12.5. The maximum Gasteiger partial charge on any atom is 0.340 e. The van der Waals surface area contributed by atoms with Crippen LogP contribution in [0.2, 0.25) is 0 Å². The third-order valence-electron chi connectivity index (χ3n) is 4.52. The Hall–Kier alpha value is -3.26. The van der Waals surface area contributed by atoms with Gasteiger partial charge in [-0.15, -0.1) is 0 Å². The number of ether oxygens (including phenoxy) is 1. The van der Waals surface area contributed by atoms with Crippen molar-refractivity contribution in [3.05, 3.63) is 64.2 Å². The van der Waals surface area contributed by atoms with Gasteiger partial charge in [0.1, 0.15) is 6.07 Å². The summed E-state index contributed by atoms with van der Waals surface area (Å²) in [5.41, 5.74) is 5.87. The van der Waals surface area contributed by atoms with Crippen LogP contribution in [0.25, 0.3) is 6.08 Å². The summed E-state index contributed by atoms with van der Waals surface area (Å²) in [6.45, 7) is 4.05. The van der Waals surface area contributed by atoms with E-state index in [9.17, 15) is 10.1 Å². The van der Waals surface area contributed by atoms with E-state index in [-0.39, 0.29) is 0 Å². The van der Waals surface area contributed by atoms with Gasteiger partial charge in [0.05, 0.1) is 11.1 Å². The second kappa shape index (κ2) is 6.93. The molecule has 1 aliphatic rings. The van der Waals surface area contributed by atoms with Crippen molar-refractivity contribution in [2.45, 2.75) is 20.1 Å². The third-order valence-corrected chi connectivity index (χ3v) is 4.52. The number of carbonyl (C=O) groups is 1. The first-order valence-electron chi connectivity index (χ1n) is 8.37. The molecule has 2 aromatic carbocycles. The lowest BCUT2D eigenvalue weighted by atomic mass is 9.98. The molecule has 5 nitrogen and oxygen atoms in total. The Morgan fingerprint density at radius 2 is 1.81 bits per heavy atom. The van der Waals surface area contributed by atoms with Crippen molar-refractivity contribution < 1.29 is 9.53 Å². The fourth-order valence-electron chi connectivity index (χ4n) is 2.80. The first-order chi connectivity index (χ1) is 12.4. The SMILES string of the molecule is Cc1cc2c(cc1C)NC(OC(=O)c1ccc(N(C)C)cc1)C(C#N)=C2. The lowest BCUT2D eigenvalue weighted by Crippen LogP contribution is -2.30. The van der Waals surface area contributed by atoms with Gasteiger partial charge in [-0.1, -0.05) is 0 Å². The molecule has 1 aliphatic heterocycles. The van der Waals surface area contributed by atoms with Crippen LogP contribution < -0.4 is 10.2 Å². The summed E-state index contributed by atoms with van der Waals surface area (Å²) in [5, 5.41) is 12.6. The summed E-state index contributed by atoms with van der Waals surface area (Å²) in [5.74, 6) is -0.471. The number of aryl methyl sites for hydroxylation is 2. The highest BCUT2D eigenvalue weighted by atomic mass is 16.6. The highest BCUT2D eigenvalue weighted by Gasteiger charge is 2.25. The molecule has 1 N–H and O–H groups in total. The number of carbonyl (C=O) groups excluding carboxylic acids is 1. The Bertz CT molecular complexity index is 922. The molecular weight excluding hydrogens is 326 g/mol. The number of esters is 1. The Balaban J connectivity index is 1.82. The number of fused-ring (bicyclic) bond motifs is 1. The molecule has 0 aliphatic carbocycles. The summed E-state index contributed by atoms with van der Waals surface area (Å²) >= 11 is 0. The molecule has 5 heteroatoms. The normalized spacial score (nSPS) is 15.2. The molecule has 1 atom stereocenters. The van der Waals surface area contributed by atoms with Crippen LogP contribution in [0.1, 0.15) is 27.0 Å². The predicted octanol–water partition coefficient (Wildman–Crippen LogP) is 3.89. The largest absolute Gasteiger partial charge is 0.433 e. The minimum Gasteiger partial charge on any atom is -0.433 e. The van der Waals surface area contributed by atoms with Gasteiger partial charge < -0.3 is 15.0 Å². The standard InChI is InChI=1S/C21H21N3O2/c1-13-9-16-11-17(12-22)20(23-19(16)10-14(13)2)26-21(25)15-5-7-18(8-6-15)24(3)4/h5-11,20,23H,1-4H3. The number of rotatable bonds is 3. The average molecular weight is 347 g/mol. The van der Waals surface area contributed by atoms with Crippen LogP contribution in [0.3, 0.4) is 0 Å². The van der Waals surface area contributed by atoms with E-state index in [0.29, 0.717) is 11.1 Å². The van der Waals surface area contributed by atoms with Gasteiger partial charge in [0.25, 0.3) is 0 Å². The van der Waals surface area contributed by atoms with Gasteiger partial charge in [-0.25, -0.2) is 4.79 Å². The predicted molar refractivity (Wildman–Crippen MR) is 103 cm³/mol. The van der Waals surface area contributed by atoms with E-state index in [1.54, 1.807) is 18.2 Å². The fourth-order valence-corrected chi connectivity index (χ4v) is 2.80. The molecule has 1 unspecified atom stereocenters. The van der Waals surface area contributed by atoms with Gasteiger partial charge in [-0.2, -0.15) is 5.26 Å². The van der Waals surface area contributed by atoms with Crippen molar-refractivity contribution >= 4 is 23.4 Å². The van der Waals surface area contributed by atoms with E-state index >= 15 is 0 Å². The number of nitriles is 1. The topological polar surface area (TPSA) is 65.4 Å². The van der Waals surface area contributed by atoms with E-state index in [1.807, 2.05) is 57.1 Å². The van der Waals surface area contributed by atoms with E-state index in [4.69, 9.17) is 4.74 Å². The van der Waals surface area contributed by atoms with Crippen molar-refractivity contribution in [2.24, 2.45) is 0 Å². The monoisotopic (exact) mass is 347 g/mol. The van der Waals surface area contributed by atoms with E-state index in [1.165, 1.54) is 0 Å². The van der Waals surface area contributed by atoms with Crippen molar-refractivity contribution in [3.8, 4) is 6.07 Å². The average Bonchev–Trinajstić information content (AvgIpc) is 2.62. The second-order valence-electron chi connectivity index (χ2n) is 6.61. The number of nitrogens with one attached hydrogen (secondary N) is 1. The van der Waals surface area contributed by atoms with Crippen molar-refractivity contribution in [3.63, 3.8) is 0 Å². The molecule has 26 heavy (non-hydrogen) atoms. The van der Waals surface area contributed by atoms with Crippen LogP contribution in [0, 0.1) is 25.2 Å². The molecule has 0 spiro atoms. The molecule has 2 aromatic rings. The zero-order chi connectivity index (χ0) is 18.8. The van der Waals surface area contributed by atoms with Crippen LogP contribution in [-0.2, 0) is 4.74 Å². The lowest BCUT2D eigenvalue weighted by Gasteiger charge is -2.25. The van der Waals surface area contributed by atoms with Crippen LogP contribution in [-0.4, -0.2) is 26.3 Å². The van der Waals surface area contributed by atoms with Crippen molar-refractivity contribution in [2.75, 3.05) is 24.3 Å². The van der Waals surface area contributed by atoms with Crippen LogP contribution in [0.5, 0.6) is 0 Å². The Kier molecular flexibility index (Phi) is 4.68. The van der Waals surface area contributed by atoms with Crippen LogP contribution in [0.15, 0.2) is 42.0 Å². The number of hydrogen-bond acceptors (Lipinski definition) is 5. The zero-order valence-corrected chi connectivity index (χ0v) is 15.3. The first kappa shape index (κ1) is 17.6. The highest BCUT2D eigenvalue weighted by molar-refractivity contribution is 5.90. The van der Waals surface area contributed by atoms with E-state index in [0.717, 1.165) is 28.1 Å². The summed E-state index contributed by atoms with van der Waals surface area (Å²) in [7, 11) is 3.87. The van der Waals surface area contributed by atoms with Gasteiger partial charge in [-0.3, -0.25) is 0 Å². The zero-order valence-electron chi connectivity index (χ0n) is 15.3. The molecule has 0 radical (unpaired) electrons. The van der Waals surface area contributed by atoms with Crippen LogP contribution in [0.4, 0.5) is 11.4 Å². The summed E-state index contributed by atoms with van der Waals surface area (Å²) in [6, 6.07) is 13.3. The molecule has 3 rings (SSSR count). The Morgan fingerprint density at radius 3 is 2.42 bits per heavy atom. The van der Waals surface area contributed by atoms with E-state index in [2.05, 4.69) is 11.4 Å². The Labute approximate surface area is 153 Å². The molecule has 0 saturated heterocycles. The molecule has 132 valence electrons. The minimum atomic E-state index is -0.796. The number of nitrogens with zero attached hydrogens (tertiary/aromatic N) is 2. The smallest absolute Gasteiger partial charge is 0.340 e. The number of hydrogen-bond donors (Lipinski definition) is 1. The van der Waals surface area contributed by atoms with Gasteiger partial charge in [-0.05, 0) is 73.0 Å². The van der Waals surface area contributed by atoms with Gasteiger partial charge in [0.15, 0.2) is 0 Å². The molecule has 0 saturated carbocycles. The molecular formula is C21H21N3O2. The summed E-state index contributed by atoms with van der Waals surface area (Å²) < 4.78 is 5.55. The van der Waals surface area contributed by atoms with Crippen molar-refractivity contribution in [1.29, 1.82) is 5.26 Å². The highest BCUT2D eigenvalue weighted by Crippen LogP contribution is 2.30. The molecule has 0 amide bonds. The minimum absolute atomic E-state index is 0.374. The van der Waals surface area contributed by atoms with Crippen LogP contribution >= 0.6 is 0 Å². The van der Waals surface area contributed by atoms with Gasteiger partial charge in [0.2, 0.25) is 6.23 Å². The van der Waals surface area contributed by atoms with Gasteiger partial charge in [0, 0.05) is 25.5 Å². The van der Waals surface area contributed by atoms with E-state index < -0.39 is 12.2 Å². The summed E-state index contributed by atoms with van der Waals surface area (Å²) in [4.78, 5) is 14.4. The Morgan fingerprint density at radius 1 is 1.15 bits per heavy atom. The lowest BCUT2D eigenvalue weighted by molar-refractivity contribution is 0.0426. The van der Waals surface area contributed by atoms with Crippen molar-refractivity contribution in [1.82, 2.24) is 0 Å². The number of anilines is 2. The molecule has 0 bridgehead atoms. The van der Waals surface area contributed by atoms with Gasteiger partial charge >= 0.3 is 5.97 Å². The molecule has 0 aromatic heterocycles.